The molecule has 1 aromatic heterocycles. The molecule has 0 spiro atoms. The largest absolute Gasteiger partial charge is 0.359 e. The fourth-order valence-electron chi connectivity index (χ4n) is 2.13. The van der Waals surface area contributed by atoms with E-state index in [9.17, 15) is 5.26 Å². The van der Waals surface area contributed by atoms with Crippen LogP contribution in [0.2, 0.25) is 20.1 Å². The molecule has 0 atom stereocenters. The summed E-state index contributed by atoms with van der Waals surface area (Å²) in [6.45, 7) is 0. The van der Waals surface area contributed by atoms with Crippen LogP contribution in [0, 0.1) is 11.3 Å². The number of thiazole rings is 1. The molecule has 2 aromatic carbocycles. The summed E-state index contributed by atoms with van der Waals surface area (Å²) in [7, 11) is 0. The maximum absolute atomic E-state index is 9.46. The summed E-state index contributed by atoms with van der Waals surface area (Å²) in [5.41, 5.74) is 2.39. The molecule has 1 heterocycles. The van der Waals surface area contributed by atoms with Crippen molar-refractivity contribution in [2.45, 2.75) is 0 Å². The summed E-state index contributed by atoms with van der Waals surface area (Å²) in [5.74, 6) is 0. The summed E-state index contributed by atoms with van der Waals surface area (Å²) in [4.78, 5) is 4.50. The lowest BCUT2D eigenvalue weighted by atomic mass is 10.2. The predicted molar refractivity (Wildman–Crippen MR) is 111 cm³/mol. The Morgan fingerprint density at radius 2 is 1.92 bits per heavy atom. The number of aromatic nitrogens is 1. The minimum Gasteiger partial charge on any atom is -0.359 e. The minimum absolute atomic E-state index is 0.363. The molecule has 0 unspecified atom stereocenters. The van der Waals surface area contributed by atoms with Crippen LogP contribution in [-0.4, -0.2) is 4.98 Å². The zero-order valence-electron chi connectivity index (χ0n) is 12.9. The molecule has 3 nitrogen and oxygen atoms in total. The van der Waals surface area contributed by atoms with E-state index in [1.165, 1.54) is 11.3 Å². The third kappa shape index (κ3) is 4.15. The van der Waals surface area contributed by atoms with E-state index < -0.39 is 0 Å². The molecule has 0 amide bonds. The molecule has 0 aliphatic carbocycles. The fraction of sp³-hybridized carbons (Fsp3) is 0. The first-order valence-electron chi connectivity index (χ1n) is 7.21. The zero-order chi connectivity index (χ0) is 18.7. The molecule has 1 N–H and O–H groups in total. The second kappa shape index (κ2) is 8.30. The highest BCUT2D eigenvalue weighted by atomic mass is 35.5. The average molecular weight is 441 g/mol. The van der Waals surface area contributed by atoms with Crippen molar-refractivity contribution >= 4 is 69.0 Å². The Labute approximate surface area is 174 Å². The zero-order valence-corrected chi connectivity index (χ0v) is 16.8. The van der Waals surface area contributed by atoms with E-state index in [4.69, 9.17) is 46.4 Å². The molecule has 0 saturated carbocycles. The molecule has 3 rings (SSSR count). The van der Waals surface area contributed by atoms with Crippen LogP contribution in [0.4, 0.5) is 5.69 Å². The van der Waals surface area contributed by atoms with E-state index in [2.05, 4.69) is 16.4 Å². The van der Waals surface area contributed by atoms with Crippen LogP contribution in [-0.2, 0) is 0 Å². The van der Waals surface area contributed by atoms with Gasteiger partial charge in [0, 0.05) is 22.2 Å². The number of halogens is 4. The van der Waals surface area contributed by atoms with E-state index in [1.807, 2.05) is 5.38 Å². The van der Waals surface area contributed by atoms with Crippen molar-refractivity contribution in [1.82, 2.24) is 4.98 Å². The summed E-state index contributed by atoms with van der Waals surface area (Å²) in [6, 6.07) is 12.5. The normalized spacial score (nSPS) is 11.3. The molecule has 0 bridgehead atoms. The first-order chi connectivity index (χ1) is 12.5. The van der Waals surface area contributed by atoms with Crippen LogP contribution in [0.15, 0.2) is 48.0 Å². The molecule has 0 aliphatic rings. The lowest BCUT2D eigenvalue weighted by Crippen LogP contribution is -1.92. The number of benzene rings is 2. The number of nitriles is 1. The van der Waals surface area contributed by atoms with E-state index >= 15 is 0 Å². The van der Waals surface area contributed by atoms with E-state index in [-0.39, 0.29) is 0 Å². The molecular formula is C18H9Cl4N3S. The monoisotopic (exact) mass is 439 g/mol. The Balaban J connectivity index is 1.89. The number of rotatable bonds is 4. The Bertz CT molecular complexity index is 1040. The summed E-state index contributed by atoms with van der Waals surface area (Å²) in [6.07, 6.45) is 1.55. The van der Waals surface area contributed by atoms with E-state index in [0.29, 0.717) is 42.1 Å². The van der Waals surface area contributed by atoms with Gasteiger partial charge < -0.3 is 5.32 Å². The number of hydrogen-bond acceptors (Lipinski definition) is 4. The summed E-state index contributed by atoms with van der Waals surface area (Å²) in [5, 5.41) is 16.7. The van der Waals surface area contributed by atoms with Gasteiger partial charge in [0.25, 0.3) is 0 Å². The first-order valence-corrected chi connectivity index (χ1v) is 9.61. The maximum atomic E-state index is 9.46. The van der Waals surface area contributed by atoms with Gasteiger partial charge in [-0.25, -0.2) is 4.98 Å². The molecule has 3 aromatic rings. The Morgan fingerprint density at radius 1 is 1.12 bits per heavy atom. The van der Waals surface area contributed by atoms with E-state index in [1.54, 1.807) is 42.6 Å². The lowest BCUT2D eigenvalue weighted by molar-refractivity contribution is 1.36. The molecule has 8 heteroatoms. The van der Waals surface area contributed by atoms with Crippen LogP contribution in [0.5, 0.6) is 0 Å². The lowest BCUT2D eigenvalue weighted by Gasteiger charge is -2.05. The topological polar surface area (TPSA) is 48.7 Å². The average Bonchev–Trinajstić information content (AvgIpc) is 3.08. The summed E-state index contributed by atoms with van der Waals surface area (Å²) >= 11 is 25.6. The van der Waals surface area contributed by atoms with Crippen molar-refractivity contribution < 1.29 is 0 Å². The molecular weight excluding hydrogens is 432 g/mol. The van der Waals surface area contributed by atoms with Gasteiger partial charge in [-0.15, -0.1) is 11.3 Å². The Hall–Kier alpha value is -1.74. The molecule has 0 saturated heterocycles. The van der Waals surface area contributed by atoms with Crippen LogP contribution < -0.4 is 5.32 Å². The summed E-state index contributed by atoms with van der Waals surface area (Å²) < 4.78 is 0. The number of nitrogens with zero attached hydrogens (tertiary/aromatic N) is 2. The molecule has 0 fully saturated rings. The number of anilines is 1. The van der Waals surface area contributed by atoms with Gasteiger partial charge in [0.1, 0.15) is 16.6 Å². The molecule has 0 radical (unpaired) electrons. The van der Waals surface area contributed by atoms with Crippen molar-refractivity contribution in [2.24, 2.45) is 0 Å². The van der Waals surface area contributed by atoms with Gasteiger partial charge in [0.2, 0.25) is 0 Å². The molecule has 0 aliphatic heterocycles. The van der Waals surface area contributed by atoms with Crippen LogP contribution in [0.25, 0.3) is 16.8 Å². The van der Waals surface area contributed by atoms with Gasteiger partial charge in [-0.05, 0) is 30.3 Å². The number of allylic oxidation sites excluding steroid dienone is 1. The quantitative estimate of drug-likeness (QED) is 0.430. The maximum Gasteiger partial charge on any atom is 0.136 e. The van der Waals surface area contributed by atoms with Gasteiger partial charge in [0.15, 0.2) is 0 Å². The predicted octanol–water partition coefficient (Wildman–Crippen LogP) is 7.40. The van der Waals surface area contributed by atoms with Crippen LogP contribution in [0.1, 0.15) is 5.01 Å². The SMILES string of the molecule is N#CC(=CNc1cccc(Cl)c1Cl)c1nc(-c2ccc(Cl)cc2Cl)cs1. The van der Waals surface area contributed by atoms with Crippen LogP contribution in [0.3, 0.4) is 0 Å². The number of nitrogens with one attached hydrogen (secondary N) is 1. The standard InChI is InChI=1S/C18H9Cl4N3S/c19-11-4-5-12(14(21)6-11)16-9-26-18(25-16)10(7-23)8-24-15-3-1-2-13(20)17(15)22/h1-6,8-9,24H. The van der Waals surface area contributed by atoms with Crippen molar-refractivity contribution in [3.8, 4) is 17.3 Å². The fourth-order valence-corrected chi connectivity index (χ4v) is 3.77. The highest BCUT2D eigenvalue weighted by molar-refractivity contribution is 7.11. The van der Waals surface area contributed by atoms with Crippen molar-refractivity contribution in [2.75, 3.05) is 5.32 Å². The molecule has 26 heavy (non-hydrogen) atoms. The van der Waals surface area contributed by atoms with Gasteiger partial charge >= 0.3 is 0 Å². The second-order valence-corrected chi connectivity index (χ2v) is 7.56. The van der Waals surface area contributed by atoms with E-state index in [0.717, 1.165) is 5.56 Å². The third-order valence-electron chi connectivity index (χ3n) is 3.39. The Kier molecular flexibility index (Phi) is 6.08. The van der Waals surface area contributed by atoms with Gasteiger partial charge in [0.05, 0.1) is 26.4 Å². The van der Waals surface area contributed by atoms with Gasteiger partial charge in [-0.2, -0.15) is 5.26 Å². The minimum atomic E-state index is 0.363. The number of hydrogen-bond donors (Lipinski definition) is 1. The van der Waals surface area contributed by atoms with Gasteiger partial charge in [-0.1, -0.05) is 52.5 Å². The third-order valence-corrected chi connectivity index (χ3v) is 5.63. The van der Waals surface area contributed by atoms with Crippen molar-refractivity contribution in [3.63, 3.8) is 0 Å². The Morgan fingerprint density at radius 3 is 2.65 bits per heavy atom. The smallest absolute Gasteiger partial charge is 0.136 e. The highest BCUT2D eigenvalue weighted by Crippen LogP contribution is 2.33. The van der Waals surface area contributed by atoms with Gasteiger partial charge in [-0.3, -0.25) is 0 Å². The second-order valence-electron chi connectivity index (χ2n) is 5.08. The van der Waals surface area contributed by atoms with Crippen molar-refractivity contribution in [3.05, 3.63) is 73.1 Å². The van der Waals surface area contributed by atoms with Crippen molar-refractivity contribution in [1.29, 1.82) is 5.26 Å². The van der Waals surface area contributed by atoms with Crippen LogP contribution >= 0.6 is 57.7 Å². The molecule has 130 valence electrons. The highest BCUT2D eigenvalue weighted by Gasteiger charge is 2.12. The first kappa shape index (κ1) is 19.0.